The van der Waals surface area contributed by atoms with Crippen molar-refractivity contribution in [1.29, 1.82) is 0 Å². The summed E-state index contributed by atoms with van der Waals surface area (Å²) in [6.07, 6.45) is 11.8. The van der Waals surface area contributed by atoms with Gasteiger partial charge in [0.05, 0.1) is 23.8 Å². The summed E-state index contributed by atoms with van der Waals surface area (Å²) in [7, 11) is 0. The van der Waals surface area contributed by atoms with Crippen molar-refractivity contribution in [2.24, 2.45) is 5.92 Å². The molecule has 1 aliphatic rings. The van der Waals surface area contributed by atoms with E-state index in [0.29, 0.717) is 5.92 Å². The van der Waals surface area contributed by atoms with Crippen molar-refractivity contribution in [1.82, 2.24) is 29.4 Å². The topological polar surface area (TPSA) is 83.5 Å². The van der Waals surface area contributed by atoms with Gasteiger partial charge in [0.15, 0.2) is 5.82 Å². The van der Waals surface area contributed by atoms with Crippen LogP contribution >= 0.6 is 11.5 Å². The molecule has 1 fully saturated rings. The van der Waals surface area contributed by atoms with Gasteiger partial charge in [-0.3, -0.25) is 9.67 Å². The molecule has 0 aromatic carbocycles. The van der Waals surface area contributed by atoms with Gasteiger partial charge in [0, 0.05) is 24.2 Å². The number of rotatable bonds is 6. The van der Waals surface area contributed by atoms with E-state index in [1.54, 1.807) is 6.20 Å². The molecule has 140 valence electrons. The number of anilines is 1. The van der Waals surface area contributed by atoms with E-state index in [2.05, 4.69) is 54.5 Å². The van der Waals surface area contributed by atoms with Gasteiger partial charge in [-0.25, -0.2) is 4.98 Å². The molecule has 3 N–H and O–H groups in total. The van der Waals surface area contributed by atoms with Crippen LogP contribution in [0.25, 0.3) is 23.2 Å². The summed E-state index contributed by atoms with van der Waals surface area (Å²) in [4.78, 5) is 4.64. The minimum absolute atomic E-state index is 0.585. The summed E-state index contributed by atoms with van der Waals surface area (Å²) in [6.45, 7) is 8.54. The lowest BCUT2D eigenvalue weighted by Crippen LogP contribution is -2.28. The van der Waals surface area contributed by atoms with Gasteiger partial charge < -0.3 is 10.6 Å². The van der Waals surface area contributed by atoms with E-state index in [4.69, 9.17) is 0 Å². The monoisotopic (exact) mass is 381 g/mol. The molecule has 8 heteroatoms. The van der Waals surface area contributed by atoms with Crippen LogP contribution in [0.3, 0.4) is 0 Å². The fourth-order valence-corrected chi connectivity index (χ4v) is 3.92. The van der Waals surface area contributed by atoms with Crippen molar-refractivity contribution in [3.05, 3.63) is 48.8 Å². The molecule has 0 unspecified atom stereocenters. The molecule has 3 aromatic rings. The summed E-state index contributed by atoms with van der Waals surface area (Å²) in [5.41, 5.74) is 4.07. The number of imidazole rings is 1. The maximum atomic E-state index is 4.64. The van der Waals surface area contributed by atoms with E-state index in [-0.39, 0.29) is 0 Å². The molecule has 1 saturated heterocycles. The Hall–Kier alpha value is -2.71. The number of allylic oxidation sites excluding steroid dienone is 1. The normalized spacial score (nSPS) is 15.8. The van der Waals surface area contributed by atoms with Crippen LogP contribution in [0.2, 0.25) is 0 Å². The van der Waals surface area contributed by atoms with Crippen molar-refractivity contribution in [3.63, 3.8) is 0 Å². The van der Waals surface area contributed by atoms with E-state index in [1.807, 2.05) is 24.7 Å². The molecule has 0 atom stereocenters. The molecule has 0 aliphatic carbocycles. The third-order valence-corrected chi connectivity index (χ3v) is 5.55. The first-order valence-electron chi connectivity index (χ1n) is 9.05. The van der Waals surface area contributed by atoms with E-state index in [1.165, 1.54) is 17.1 Å². The van der Waals surface area contributed by atoms with E-state index in [0.717, 1.165) is 53.7 Å². The Kier molecular flexibility index (Phi) is 5.17. The van der Waals surface area contributed by atoms with Gasteiger partial charge in [-0.15, -0.1) is 0 Å². The average Bonchev–Trinajstić information content (AvgIpc) is 3.44. The fraction of sp³-hybridized carbons (Fsp3) is 0.316. The molecular weight excluding hydrogens is 358 g/mol. The molecule has 0 radical (unpaired) electrons. The third-order valence-electron chi connectivity index (χ3n) is 4.89. The molecule has 0 bridgehead atoms. The van der Waals surface area contributed by atoms with E-state index < -0.39 is 0 Å². The first kappa shape index (κ1) is 17.7. The maximum absolute atomic E-state index is 4.64. The van der Waals surface area contributed by atoms with Gasteiger partial charge in [-0.05, 0) is 56.4 Å². The molecule has 4 rings (SSSR count). The molecular formula is C19H23N7S. The van der Waals surface area contributed by atoms with Crippen LogP contribution in [0.5, 0.6) is 0 Å². The van der Waals surface area contributed by atoms with Crippen LogP contribution in [0.15, 0.2) is 43.0 Å². The SMILES string of the molecule is C=C(Nc1ccns1)c1ncc(-c2cn[nH]c2)n1/C=C(\C)C1CCNCC1. The van der Waals surface area contributed by atoms with Crippen molar-refractivity contribution >= 4 is 28.4 Å². The van der Waals surface area contributed by atoms with Crippen LogP contribution < -0.4 is 10.6 Å². The predicted molar refractivity (Wildman–Crippen MR) is 110 cm³/mol. The summed E-state index contributed by atoms with van der Waals surface area (Å²) in [5.74, 6) is 1.37. The molecule has 0 saturated carbocycles. The zero-order chi connectivity index (χ0) is 18.6. The van der Waals surface area contributed by atoms with Gasteiger partial charge in [-0.1, -0.05) is 12.2 Å². The van der Waals surface area contributed by atoms with E-state index >= 15 is 0 Å². The molecule has 3 aromatic heterocycles. The quantitative estimate of drug-likeness (QED) is 0.607. The first-order valence-corrected chi connectivity index (χ1v) is 9.82. The van der Waals surface area contributed by atoms with Crippen molar-refractivity contribution < 1.29 is 0 Å². The standard InChI is InChI=1S/C19H23N7S/c1-13(15-3-6-20-7-4-15)12-26-17(16-9-22-23-10-16)11-21-19(26)14(2)25-18-5-8-24-27-18/h5,8-12,15,20,25H,2-4,6-7H2,1H3,(H,22,23)/b13-12+. The Morgan fingerprint density at radius 3 is 2.93 bits per heavy atom. The molecule has 1 aliphatic heterocycles. The van der Waals surface area contributed by atoms with Crippen molar-refractivity contribution in [2.45, 2.75) is 19.8 Å². The van der Waals surface area contributed by atoms with Crippen LogP contribution in [0.1, 0.15) is 25.6 Å². The van der Waals surface area contributed by atoms with Crippen LogP contribution in [-0.4, -0.2) is 37.2 Å². The van der Waals surface area contributed by atoms with Gasteiger partial charge in [0.25, 0.3) is 0 Å². The molecule has 4 heterocycles. The van der Waals surface area contributed by atoms with Crippen LogP contribution in [0.4, 0.5) is 5.00 Å². The number of hydrogen-bond acceptors (Lipinski definition) is 6. The lowest BCUT2D eigenvalue weighted by molar-refractivity contribution is 0.421. The number of nitrogens with zero attached hydrogens (tertiary/aromatic N) is 4. The number of nitrogens with one attached hydrogen (secondary N) is 3. The number of hydrogen-bond donors (Lipinski definition) is 3. The highest BCUT2D eigenvalue weighted by molar-refractivity contribution is 7.10. The highest BCUT2D eigenvalue weighted by Gasteiger charge is 2.18. The van der Waals surface area contributed by atoms with Crippen molar-refractivity contribution in [3.8, 4) is 11.3 Å². The predicted octanol–water partition coefficient (Wildman–Crippen LogP) is 3.67. The summed E-state index contributed by atoms with van der Waals surface area (Å²) < 4.78 is 6.24. The van der Waals surface area contributed by atoms with Crippen LogP contribution in [-0.2, 0) is 0 Å². The molecule has 7 nitrogen and oxygen atoms in total. The Morgan fingerprint density at radius 1 is 1.37 bits per heavy atom. The van der Waals surface area contributed by atoms with Gasteiger partial charge in [0.1, 0.15) is 5.00 Å². The largest absolute Gasteiger partial charge is 0.343 e. The third kappa shape index (κ3) is 3.86. The number of aromatic nitrogens is 5. The van der Waals surface area contributed by atoms with Gasteiger partial charge >= 0.3 is 0 Å². The summed E-state index contributed by atoms with van der Waals surface area (Å²) in [6, 6.07) is 1.93. The number of H-pyrrole nitrogens is 1. The second-order valence-corrected chi connectivity index (χ2v) is 7.53. The lowest BCUT2D eigenvalue weighted by atomic mass is 9.91. The Balaban J connectivity index is 1.70. The second-order valence-electron chi connectivity index (χ2n) is 6.70. The Bertz CT molecular complexity index is 916. The van der Waals surface area contributed by atoms with Crippen LogP contribution in [0, 0.1) is 5.92 Å². The smallest absolute Gasteiger partial charge is 0.160 e. The fourth-order valence-electron chi connectivity index (χ4n) is 3.39. The lowest BCUT2D eigenvalue weighted by Gasteiger charge is -2.24. The summed E-state index contributed by atoms with van der Waals surface area (Å²) >= 11 is 1.40. The van der Waals surface area contributed by atoms with Gasteiger partial charge in [-0.2, -0.15) is 9.47 Å². The zero-order valence-corrected chi connectivity index (χ0v) is 16.1. The zero-order valence-electron chi connectivity index (χ0n) is 15.3. The van der Waals surface area contributed by atoms with Crippen molar-refractivity contribution in [2.75, 3.05) is 18.4 Å². The minimum atomic E-state index is 0.585. The second kappa shape index (κ2) is 7.89. The highest BCUT2D eigenvalue weighted by Crippen LogP contribution is 2.28. The number of piperidine rings is 1. The number of aromatic amines is 1. The molecule has 0 amide bonds. The Morgan fingerprint density at radius 2 is 2.22 bits per heavy atom. The Labute approximate surface area is 162 Å². The highest BCUT2D eigenvalue weighted by atomic mass is 32.1. The summed E-state index contributed by atoms with van der Waals surface area (Å²) in [5, 5.41) is 14.6. The van der Waals surface area contributed by atoms with Gasteiger partial charge in [0.2, 0.25) is 0 Å². The van der Waals surface area contributed by atoms with E-state index in [9.17, 15) is 0 Å². The maximum Gasteiger partial charge on any atom is 0.160 e. The molecule has 0 spiro atoms. The minimum Gasteiger partial charge on any atom is -0.343 e. The molecule has 27 heavy (non-hydrogen) atoms. The average molecular weight is 382 g/mol. The first-order chi connectivity index (χ1) is 13.2.